The molecule has 4 atom stereocenters. The van der Waals surface area contributed by atoms with Crippen LogP contribution in [-0.4, -0.2) is 60.1 Å². The molecule has 49 heavy (non-hydrogen) atoms. The van der Waals surface area contributed by atoms with Crippen LogP contribution in [0.25, 0.3) is 0 Å². The number of hydrogen-bond acceptors (Lipinski definition) is 7. The van der Waals surface area contributed by atoms with Crippen molar-refractivity contribution in [3.63, 3.8) is 0 Å². The van der Waals surface area contributed by atoms with Crippen molar-refractivity contribution in [2.24, 2.45) is 5.92 Å². The molecule has 0 aromatic heterocycles. The van der Waals surface area contributed by atoms with E-state index in [0.29, 0.717) is 40.4 Å². The van der Waals surface area contributed by atoms with Gasteiger partial charge in [-0.2, -0.15) is 0 Å². The van der Waals surface area contributed by atoms with E-state index in [0.717, 1.165) is 5.56 Å². The minimum Gasteiger partial charge on any atom is -0.432 e. The molecular formula is C38H42N4O6Si. The van der Waals surface area contributed by atoms with Gasteiger partial charge in [0.05, 0.1) is 24.8 Å². The van der Waals surface area contributed by atoms with E-state index >= 15 is 0 Å². The second-order valence-electron chi connectivity index (χ2n) is 13.4. The van der Waals surface area contributed by atoms with Gasteiger partial charge >= 0.3 is 0 Å². The lowest BCUT2D eigenvalue weighted by Gasteiger charge is -2.32. The minimum atomic E-state index is -3.07. The van der Waals surface area contributed by atoms with Crippen molar-refractivity contribution in [2.75, 3.05) is 29.1 Å². The molecular weight excluding hydrogens is 637 g/mol. The SMILES string of the molecule is C[C@H]1[C@H]([Si](C)(C)O)[C@@H](CC(=O)N(CCO)Cc2ccccc2)O[C@]12C(=O)N(c1ccccc1)c1ccc(NC(=O)c3ccc(N)cc3)cc12. The zero-order valence-corrected chi connectivity index (χ0v) is 28.9. The molecule has 3 amide bonds. The highest BCUT2D eigenvalue weighted by Gasteiger charge is 2.66. The molecule has 0 radical (unpaired) electrons. The normalized spacial score (nSPS) is 21.5. The summed E-state index contributed by atoms with van der Waals surface area (Å²) in [5.74, 6) is -1.44. The third kappa shape index (κ3) is 6.50. The summed E-state index contributed by atoms with van der Waals surface area (Å²) in [7, 11) is -3.07. The largest absolute Gasteiger partial charge is 0.432 e. The van der Waals surface area contributed by atoms with Gasteiger partial charge in [0, 0.05) is 52.7 Å². The molecule has 11 heteroatoms. The summed E-state index contributed by atoms with van der Waals surface area (Å²) >= 11 is 0. The van der Waals surface area contributed by atoms with E-state index in [1.165, 1.54) is 0 Å². The fraction of sp³-hybridized carbons (Fsp3) is 0.289. The van der Waals surface area contributed by atoms with Gasteiger partial charge in [0.2, 0.25) is 5.91 Å². The lowest BCUT2D eigenvalue weighted by Crippen LogP contribution is -2.45. The van der Waals surface area contributed by atoms with Crippen molar-refractivity contribution in [2.45, 2.75) is 50.2 Å². The minimum absolute atomic E-state index is 0.0813. The number of ether oxygens (including phenoxy) is 1. The number of nitrogens with two attached hydrogens (primary N) is 1. The monoisotopic (exact) mass is 678 g/mol. The molecule has 0 bridgehead atoms. The third-order valence-corrected chi connectivity index (χ3v) is 12.2. The van der Waals surface area contributed by atoms with Gasteiger partial charge in [0.1, 0.15) is 0 Å². The zero-order valence-electron chi connectivity index (χ0n) is 27.9. The Balaban J connectivity index is 1.40. The Hall–Kier alpha value is -4.81. The lowest BCUT2D eigenvalue weighted by molar-refractivity contribution is -0.149. The van der Waals surface area contributed by atoms with Crippen LogP contribution in [0, 0.1) is 5.92 Å². The van der Waals surface area contributed by atoms with E-state index in [2.05, 4.69) is 5.32 Å². The molecule has 0 aliphatic carbocycles. The fourth-order valence-corrected chi connectivity index (χ4v) is 10.0. The van der Waals surface area contributed by atoms with Crippen molar-refractivity contribution in [3.8, 4) is 0 Å². The van der Waals surface area contributed by atoms with Crippen LogP contribution < -0.4 is 16.0 Å². The molecule has 4 aromatic carbocycles. The van der Waals surface area contributed by atoms with Crippen molar-refractivity contribution in [1.82, 2.24) is 4.90 Å². The molecule has 0 unspecified atom stereocenters. The van der Waals surface area contributed by atoms with Crippen LogP contribution in [0.2, 0.25) is 18.6 Å². The number of nitrogen functional groups attached to an aromatic ring is 1. The van der Waals surface area contributed by atoms with Crippen LogP contribution in [0.4, 0.5) is 22.7 Å². The smallest absolute Gasteiger partial charge is 0.268 e. The Morgan fingerprint density at radius 1 is 0.980 bits per heavy atom. The number of para-hydroxylation sites is 1. The molecule has 5 N–H and O–H groups in total. The first-order valence-electron chi connectivity index (χ1n) is 16.5. The average molecular weight is 679 g/mol. The molecule has 2 aliphatic heterocycles. The van der Waals surface area contributed by atoms with Gasteiger partial charge in [0.25, 0.3) is 11.8 Å². The molecule has 254 valence electrons. The molecule has 2 heterocycles. The van der Waals surface area contributed by atoms with E-state index < -0.39 is 31.5 Å². The standard InChI is InChI=1S/C38H42N4O6Si/c1-25-35(49(2,3)47)33(23-34(44)41(20-21-43)24-26-10-6-4-7-11-26)48-38(25)31-22-29(40-36(45)27-14-16-28(39)17-15-27)18-19-32(31)42(37(38)46)30-12-8-5-9-13-30/h4-19,22,25,33,35,43,47H,20-21,23-24,39H2,1-3H3,(H,40,45)/t25-,33+,35-,38+/m0/s1. The maximum Gasteiger partial charge on any atom is 0.268 e. The number of carbonyl (C=O) groups excluding carboxylic acids is 3. The molecule has 1 saturated heterocycles. The number of aliphatic hydroxyl groups excluding tert-OH is 1. The van der Waals surface area contributed by atoms with Crippen LogP contribution >= 0.6 is 0 Å². The number of aliphatic hydroxyl groups is 1. The number of carbonyl (C=O) groups is 3. The first-order chi connectivity index (χ1) is 23.4. The number of amides is 3. The Labute approximate surface area is 287 Å². The van der Waals surface area contributed by atoms with Gasteiger partial charge in [0.15, 0.2) is 13.9 Å². The van der Waals surface area contributed by atoms with Crippen LogP contribution in [-0.2, 0) is 26.5 Å². The van der Waals surface area contributed by atoms with Gasteiger partial charge < -0.3 is 30.6 Å². The van der Waals surface area contributed by atoms with Gasteiger partial charge in [-0.25, -0.2) is 0 Å². The van der Waals surface area contributed by atoms with E-state index in [1.807, 2.05) is 80.7 Å². The number of rotatable bonds is 10. The summed E-state index contributed by atoms with van der Waals surface area (Å²) in [6.07, 6.45) is -0.867. The van der Waals surface area contributed by atoms with Crippen LogP contribution in [0.5, 0.6) is 0 Å². The Bertz CT molecular complexity index is 1830. The summed E-state index contributed by atoms with van der Waals surface area (Å²) in [4.78, 5) is 57.0. The lowest BCUT2D eigenvalue weighted by atomic mass is 9.82. The molecule has 1 spiro atoms. The number of nitrogens with zero attached hydrogens (tertiary/aromatic N) is 2. The Kier molecular flexibility index (Phi) is 9.45. The number of anilines is 4. The molecule has 2 aliphatic rings. The van der Waals surface area contributed by atoms with Gasteiger partial charge in [-0.15, -0.1) is 0 Å². The molecule has 6 rings (SSSR count). The zero-order chi connectivity index (χ0) is 34.9. The summed E-state index contributed by atoms with van der Waals surface area (Å²) in [6, 6.07) is 30.7. The molecule has 0 saturated carbocycles. The summed E-state index contributed by atoms with van der Waals surface area (Å²) < 4.78 is 6.91. The third-order valence-electron chi connectivity index (χ3n) is 9.65. The summed E-state index contributed by atoms with van der Waals surface area (Å²) in [5.41, 5.74) is 7.92. The number of hydrogen-bond donors (Lipinski definition) is 4. The number of benzene rings is 4. The van der Waals surface area contributed by atoms with E-state index in [9.17, 15) is 24.3 Å². The van der Waals surface area contributed by atoms with Crippen LogP contribution in [0.3, 0.4) is 0 Å². The predicted octanol–water partition coefficient (Wildman–Crippen LogP) is 5.41. The van der Waals surface area contributed by atoms with Crippen molar-refractivity contribution >= 4 is 48.8 Å². The van der Waals surface area contributed by atoms with Crippen molar-refractivity contribution < 1.29 is 29.0 Å². The second kappa shape index (κ2) is 13.6. The highest BCUT2D eigenvalue weighted by molar-refractivity contribution is 6.71. The number of fused-ring (bicyclic) bond motifs is 2. The number of nitrogens with one attached hydrogen (secondary N) is 1. The van der Waals surface area contributed by atoms with E-state index in [1.54, 1.807) is 52.3 Å². The first-order valence-corrected chi connectivity index (χ1v) is 19.5. The maximum absolute atomic E-state index is 14.9. The van der Waals surface area contributed by atoms with Gasteiger partial charge in [-0.1, -0.05) is 55.5 Å². The quantitative estimate of drug-likeness (QED) is 0.130. The molecule has 4 aromatic rings. The van der Waals surface area contributed by atoms with Gasteiger partial charge in [-0.05, 0) is 73.3 Å². The summed E-state index contributed by atoms with van der Waals surface area (Å²) in [5, 5.41) is 12.8. The fourth-order valence-electron chi connectivity index (χ4n) is 7.47. The highest BCUT2D eigenvalue weighted by Crippen LogP contribution is 2.61. The topological polar surface area (TPSA) is 145 Å². The first kappa shape index (κ1) is 34.1. The maximum atomic E-state index is 14.9. The van der Waals surface area contributed by atoms with Gasteiger partial charge in [-0.3, -0.25) is 19.3 Å². The van der Waals surface area contributed by atoms with Crippen molar-refractivity contribution in [1.29, 1.82) is 0 Å². The van der Waals surface area contributed by atoms with Crippen LogP contribution in [0.15, 0.2) is 103 Å². The van der Waals surface area contributed by atoms with E-state index in [4.69, 9.17) is 10.5 Å². The predicted molar refractivity (Wildman–Crippen MR) is 192 cm³/mol. The molecule has 1 fully saturated rings. The average Bonchev–Trinajstić information content (AvgIpc) is 3.51. The summed E-state index contributed by atoms with van der Waals surface area (Å²) in [6.45, 7) is 5.75. The Morgan fingerprint density at radius 3 is 2.27 bits per heavy atom. The van der Waals surface area contributed by atoms with Crippen molar-refractivity contribution in [3.05, 3.63) is 120 Å². The highest BCUT2D eigenvalue weighted by atomic mass is 28.4. The Morgan fingerprint density at radius 2 is 1.63 bits per heavy atom. The second-order valence-corrected chi connectivity index (χ2v) is 17.3. The van der Waals surface area contributed by atoms with E-state index in [-0.39, 0.29) is 37.3 Å². The molecule has 10 nitrogen and oxygen atoms in total. The van der Waals surface area contributed by atoms with Crippen LogP contribution in [0.1, 0.15) is 34.8 Å².